The monoisotopic (exact) mass is 715 g/mol. The van der Waals surface area contributed by atoms with E-state index >= 15 is 0 Å². The highest BCUT2D eigenvalue weighted by atomic mass is 16.5. The van der Waals surface area contributed by atoms with Crippen molar-refractivity contribution < 1.29 is 23.7 Å². The first kappa shape index (κ1) is 46.9. The largest absolute Gasteiger partial charge is 0.493 e. The maximum Gasteiger partial charge on any atom is 0.330 e. The van der Waals surface area contributed by atoms with E-state index in [1.165, 1.54) is 180 Å². The van der Waals surface area contributed by atoms with Gasteiger partial charge in [-0.15, -0.1) is 0 Å². The minimum Gasteiger partial charge on any atom is -0.493 e. The van der Waals surface area contributed by atoms with Crippen LogP contribution in [-0.4, -0.2) is 32.9 Å². The minimum atomic E-state index is -0.395. The fourth-order valence-electron chi connectivity index (χ4n) is 6.63. The molecule has 296 valence electrons. The van der Waals surface area contributed by atoms with Crippen LogP contribution >= 0.6 is 0 Å². The molecule has 0 saturated heterocycles. The molecule has 1 aromatic carbocycles. The van der Waals surface area contributed by atoms with Crippen molar-refractivity contribution in [3.8, 4) is 17.2 Å². The van der Waals surface area contributed by atoms with Crippen molar-refractivity contribution in [3.05, 3.63) is 23.8 Å². The number of rotatable bonds is 38. The second-order valence-electron chi connectivity index (χ2n) is 14.8. The Bertz CT molecular complexity index is 942. The van der Waals surface area contributed by atoms with E-state index in [4.69, 9.17) is 18.9 Å². The number of hydrogen-bond acceptors (Lipinski definition) is 5. The summed E-state index contributed by atoms with van der Waals surface area (Å²) in [5, 5.41) is 0. The SMILES string of the molecule is CCCCCCCCCCCCOc1ccc(OCCCCCCCCCCCC)c(OCCCCCCCCCCCC)c1C=CC(=O)OC. The molecule has 1 aromatic rings. The molecule has 0 unspecified atom stereocenters. The van der Waals surface area contributed by atoms with Gasteiger partial charge in [0.2, 0.25) is 0 Å². The maximum atomic E-state index is 12.2. The van der Waals surface area contributed by atoms with E-state index in [1.807, 2.05) is 12.1 Å². The minimum absolute atomic E-state index is 0.395. The summed E-state index contributed by atoms with van der Waals surface area (Å²) < 4.78 is 24.1. The van der Waals surface area contributed by atoms with Crippen LogP contribution in [0.25, 0.3) is 6.08 Å². The maximum absolute atomic E-state index is 12.2. The summed E-state index contributed by atoms with van der Waals surface area (Å²) >= 11 is 0. The van der Waals surface area contributed by atoms with Gasteiger partial charge in [0, 0.05) is 6.08 Å². The van der Waals surface area contributed by atoms with E-state index in [0.717, 1.165) is 42.7 Å². The molecule has 0 spiro atoms. The lowest BCUT2D eigenvalue weighted by Crippen LogP contribution is -2.07. The predicted octanol–water partition coefficient (Wildman–Crippen LogP) is 14.8. The summed E-state index contributed by atoms with van der Waals surface area (Å²) in [5.74, 6) is 1.75. The first-order valence-corrected chi connectivity index (χ1v) is 22.0. The van der Waals surface area contributed by atoms with E-state index in [1.54, 1.807) is 6.08 Å². The third-order valence-corrected chi connectivity index (χ3v) is 9.96. The van der Waals surface area contributed by atoms with Gasteiger partial charge in [-0.05, 0) is 37.5 Å². The molecular formula is C46H82O5. The standard InChI is InChI=1S/C46H82O5/c1-5-8-11-14-17-20-23-26-29-32-39-49-43-36-37-44(50-40-33-30-27-24-21-18-15-12-9-6-2)46(42(43)35-38-45(47)48-4)51-41-34-31-28-25-22-19-16-13-10-7-3/h35-38H,5-34,39-41H2,1-4H3. The van der Waals surface area contributed by atoms with Gasteiger partial charge in [0.15, 0.2) is 11.5 Å². The third-order valence-electron chi connectivity index (χ3n) is 9.96. The van der Waals surface area contributed by atoms with Crippen LogP contribution in [0.3, 0.4) is 0 Å². The molecule has 0 fully saturated rings. The van der Waals surface area contributed by atoms with Gasteiger partial charge in [-0.1, -0.05) is 194 Å². The van der Waals surface area contributed by atoms with Gasteiger partial charge in [0.1, 0.15) is 5.75 Å². The van der Waals surface area contributed by atoms with Crippen LogP contribution in [0, 0.1) is 0 Å². The molecule has 0 bridgehead atoms. The Morgan fingerprint density at radius 3 is 1.14 bits per heavy atom. The number of unbranched alkanes of at least 4 members (excludes halogenated alkanes) is 27. The number of ether oxygens (including phenoxy) is 4. The molecule has 51 heavy (non-hydrogen) atoms. The summed E-state index contributed by atoms with van der Waals surface area (Å²) in [4.78, 5) is 12.2. The van der Waals surface area contributed by atoms with Gasteiger partial charge in [-0.3, -0.25) is 0 Å². The molecule has 0 aliphatic heterocycles. The molecule has 1 rings (SSSR count). The Balaban J connectivity index is 2.76. The fraction of sp³-hybridized carbons (Fsp3) is 0.804. The van der Waals surface area contributed by atoms with E-state index in [-0.39, 0.29) is 0 Å². The zero-order valence-electron chi connectivity index (χ0n) is 34.2. The van der Waals surface area contributed by atoms with Crippen molar-refractivity contribution in [2.24, 2.45) is 0 Å². The summed E-state index contributed by atoms with van der Waals surface area (Å²) in [6.07, 6.45) is 41.9. The highest BCUT2D eigenvalue weighted by Gasteiger charge is 2.17. The zero-order chi connectivity index (χ0) is 36.9. The van der Waals surface area contributed by atoms with Gasteiger partial charge in [0.25, 0.3) is 0 Å². The van der Waals surface area contributed by atoms with Crippen molar-refractivity contribution in [1.29, 1.82) is 0 Å². The normalized spacial score (nSPS) is 11.4. The molecule has 0 aliphatic rings. The molecule has 5 heteroatoms. The second kappa shape index (κ2) is 36.2. The molecule has 0 aliphatic carbocycles. The predicted molar refractivity (Wildman–Crippen MR) is 220 cm³/mol. The molecule has 5 nitrogen and oxygen atoms in total. The lowest BCUT2D eigenvalue weighted by atomic mass is 10.1. The average molecular weight is 715 g/mol. The Hall–Kier alpha value is -2.17. The van der Waals surface area contributed by atoms with Gasteiger partial charge in [0.05, 0.1) is 32.5 Å². The van der Waals surface area contributed by atoms with Crippen molar-refractivity contribution in [1.82, 2.24) is 0 Å². The summed E-state index contributed by atoms with van der Waals surface area (Å²) in [7, 11) is 1.41. The number of methoxy groups -OCH3 is 1. The van der Waals surface area contributed by atoms with E-state index < -0.39 is 5.97 Å². The van der Waals surface area contributed by atoms with E-state index in [9.17, 15) is 4.79 Å². The van der Waals surface area contributed by atoms with Gasteiger partial charge in [-0.2, -0.15) is 0 Å². The first-order valence-electron chi connectivity index (χ1n) is 22.0. The topological polar surface area (TPSA) is 54.0 Å². The number of esters is 1. The van der Waals surface area contributed by atoms with Gasteiger partial charge >= 0.3 is 5.97 Å². The molecule has 0 radical (unpaired) electrons. The van der Waals surface area contributed by atoms with Crippen molar-refractivity contribution in [2.45, 2.75) is 213 Å². The van der Waals surface area contributed by atoms with Crippen molar-refractivity contribution >= 4 is 12.0 Å². The molecule has 0 heterocycles. The Kier molecular flexibility index (Phi) is 33.3. The van der Waals surface area contributed by atoms with Crippen LogP contribution < -0.4 is 14.2 Å². The first-order chi connectivity index (χ1) is 25.2. The fourth-order valence-corrected chi connectivity index (χ4v) is 6.63. The number of benzene rings is 1. The highest BCUT2D eigenvalue weighted by Crippen LogP contribution is 2.39. The smallest absolute Gasteiger partial charge is 0.330 e. The quantitative estimate of drug-likeness (QED) is 0.0388. The summed E-state index contributed by atoms with van der Waals surface area (Å²) in [6, 6.07) is 3.97. The van der Waals surface area contributed by atoms with Gasteiger partial charge in [-0.25, -0.2) is 4.79 Å². The number of carbonyl (C=O) groups excluding carboxylic acids is 1. The Labute approximate surface area is 316 Å². The summed E-state index contributed by atoms with van der Waals surface area (Å²) in [5.41, 5.74) is 0.764. The van der Waals surface area contributed by atoms with Crippen LogP contribution in [0.1, 0.15) is 219 Å². The highest BCUT2D eigenvalue weighted by molar-refractivity contribution is 5.88. The van der Waals surface area contributed by atoms with Crippen molar-refractivity contribution in [2.75, 3.05) is 26.9 Å². The zero-order valence-corrected chi connectivity index (χ0v) is 34.2. The molecular weight excluding hydrogens is 633 g/mol. The van der Waals surface area contributed by atoms with E-state index in [2.05, 4.69) is 20.8 Å². The van der Waals surface area contributed by atoms with Gasteiger partial charge < -0.3 is 18.9 Å². The molecule has 0 saturated carbocycles. The van der Waals surface area contributed by atoms with Crippen LogP contribution in [0.4, 0.5) is 0 Å². The molecule has 0 N–H and O–H groups in total. The molecule has 0 atom stereocenters. The Morgan fingerprint density at radius 2 is 0.765 bits per heavy atom. The van der Waals surface area contributed by atoms with Crippen LogP contribution in [0.15, 0.2) is 18.2 Å². The Morgan fingerprint density at radius 1 is 0.451 bits per heavy atom. The number of carbonyl (C=O) groups is 1. The second-order valence-corrected chi connectivity index (χ2v) is 14.8. The molecule has 0 aromatic heterocycles. The average Bonchev–Trinajstić information content (AvgIpc) is 3.14. The van der Waals surface area contributed by atoms with Crippen molar-refractivity contribution in [3.63, 3.8) is 0 Å². The lowest BCUT2D eigenvalue weighted by Gasteiger charge is -2.19. The third kappa shape index (κ3) is 27.1. The van der Waals surface area contributed by atoms with Crippen LogP contribution in [-0.2, 0) is 9.53 Å². The lowest BCUT2D eigenvalue weighted by molar-refractivity contribution is -0.134. The van der Waals surface area contributed by atoms with Crippen LogP contribution in [0.2, 0.25) is 0 Å². The number of hydrogen-bond donors (Lipinski definition) is 0. The summed E-state index contributed by atoms with van der Waals surface area (Å²) in [6.45, 7) is 8.74. The van der Waals surface area contributed by atoms with Crippen LogP contribution in [0.5, 0.6) is 17.2 Å². The molecule has 0 amide bonds. The van der Waals surface area contributed by atoms with E-state index in [0.29, 0.717) is 25.6 Å².